The second kappa shape index (κ2) is 8.64. The molecule has 0 spiro atoms. The van der Waals surface area contributed by atoms with E-state index in [1.807, 2.05) is 30.3 Å². The van der Waals surface area contributed by atoms with Crippen LogP contribution in [0.4, 0.5) is 26.3 Å². The predicted octanol–water partition coefficient (Wildman–Crippen LogP) is 6.47. The fourth-order valence-electron chi connectivity index (χ4n) is 4.71. The quantitative estimate of drug-likeness (QED) is 0.522. The van der Waals surface area contributed by atoms with E-state index in [9.17, 15) is 26.3 Å². The maximum absolute atomic E-state index is 13.4. The molecule has 2 aromatic carbocycles. The average molecular weight is 466 g/mol. The summed E-state index contributed by atoms with van der Waals surface area (Å²) >= 11 is 0. The van der Waals surface area contributed by atoms with E-state index in [1.54, 1.807) is 0 Å². The fourth-order valence-corrected chi connectivity index (χ4v) is 4.71. The molecule has 31 heavy (non-hydrogen) atoms. The Labute approximate surface area is 182 Å². The summed E-state index contributed by atoms with van der Waals surface area (Å²) in [7, 11) is 0. The van der Waals surface area contributed by atoms with Crippen LogP contribution in [0.2, 0.25) is 0 Å². The molecule has 2 saturated heterocycles. The maximum atomic E-state index is 13.4. The lowest BCUT2D eigenvalue weighted by Gasteiger charge is -2.42. The van der Waals surface area contributed by atoms with Gasteiger partial charge < -0.3 is 10.1 Å². The first kappa shape index (κ1) is 23.9. The third-order valence-corrected chi connectivity index (χ3v) is 6.14. The smallest absolute Gasteiger partial charge is 0.371 e. The summed E-state index contributed by atoms with van der Waals surface area (Å²) in [4.78, 5) is 0. The predicted molar refractivity (Wildman–Crippen MR) is 106 cm³/mol. The highest BCUT2D eigenvalue weighted by molar-refractivity contribution is 5.85. The van der Waals surface area contributed by atoms with Crippen LogP contribution < -0.4 is 5.32 Å². The number of benzene rings is 2. The maximum Gasteiger partial charge on any atom is 0.416 e. The molecule has 2 aromatic rings. The van der Waals surface area contributed by atoms with E-state index in [0.717, 1.165) is 24.8 Å². The summed E-state index contributed by atoms with van der Waals surface area (Å²) in [5, 5.41) is 3.56. The minimum atomic E-state index is -4.76. The van der Waals surface area contributed by atoms with Crippen molar-refractivity contribution in [3.63, 3.8) is 0 Å². The van der Waals surface area contributed by atoms with Gasteiger partial charge in [0.05, 0.1) is 29.4 Å². The first-order valence-electron chi connectivity index (χ1n) is 9.82. The van der Waals surface area contributed by atoms with Gasteiger partial charge in [-0.15, -0.1) is 12.4 Å². The van der Waals surface area contributed by atoms with Crippen molar-refractivity contribution in [3.8, 4) is 0 Å². The second-order valence-electron chi connectivity index (χ2n) is 7.96. The van der Waals surface area contributed by atoms with Crippen LogP contribution in [0, 0.1) is 0 Å². The molecule has 0 radical (unpaired) electrons. The van der Waals surface area contributed by atoms with Crippen molar-refractivity contribution in [2.45, 2.75) is 62.3 Å². The zero-order chi connectivity index (χ0) is 21.6. The zero-order valence-electron chi connectivity index (χ0n) is 16.4. The molecule has 2 heterocycles. The highest BCUT2D eigenvalue weighted by Gasteiger charge is 2.50. The summed E-state index contributed by atoms with van der Waals surface area (Å²) in [5.74, 6) is 0. The molecule has 0 aliphatic carbocycles. The lowest BCUT2D eigenvalue weighted by Crippen LogP contribution is -2.54. The molecule has 1 N–H and O–H groups in total. The van der Waals surface area contributed by atoms with E-state index < -0.39 is 47.3 Å². The normalized spacial score (nSPS) is 25.9. The number of rotatable bonds is 4. The molecule has 2 fully saturated rings. The van der Waals surface area contributed by atoms with E-state index in [0.29, 0.717) is 30.7 Å². The van der Waals surface area contributed by atoms with Crippen LogP contribution in [0.15, 0.2) is 48.5 Å². The molecule has 4 rings (SSSR count). The Hall–Kier alpha value is -1.77. The van der Waals surface area contributed by atoms with Crippen LogP contribution in [0.1, 0.15) is 47.9 Å². The molecule has 9 heteroatoms. The Morgan fingerprint density at radius 1 is 0.903 bits per heavy atom. The summed E-state index contributed by atoms with van der Waals surface area (Å²) in [5.41, 5.74) is -2.27. The molecule has 170 valence electrons. The summed E-state index contributed by atoms with van der Waals surface area (Å²) in [6, 6.07) is 11.4. The van der Waals surface area contributed by atoms with Gasteiger partial charge in [-0.3, -0.25) is 0 Å². The van der Waals surface area contributed by atoms with Gasteiger partial charge in [-0.05, 0) is 55.0 Å². The largest absolute Gasteiger partial charge is 0.416 e. The minimum Gasteiger partial charge on any atom is -0.371 e. The van der Waals surface area contributed by atoms with Crippen LogP contribution >= 0.6 is 12.4 Å². The number of hydrogen-bond donors (Lipinski definition) is 1. The number of fused-ring (bicyclic) bond motifs is 2. The Kier molecular flexibility index (Phi) is 6.65. The molecule has 2 unspecified atom stereocenters. The Balaban J connectivity index is 0.00000272. The molecule has 2 nitrogen and oxygen atoms in total. The van der Waals surface area contributed by atoms with Crippen LogP contribution in [0.25, 0.3) is 0 Å². The molecule has 0 aromatic heterocycles. The molecule has 3 atom stereocenters. The molecular formula is C22H22ClF6NO. The van der Waals surface area contributed by atoms with Crippen molar-refractivity contribution in [2.24, 2.45) is 0 Å². The van der Waals surface area contributed by atoms with E-state index in [2.05, 4.69) is 5.32 Å². The van der Waals surface area contributed by atoms with Gasteiger partial charge in [0, 0.05) is 6.04 Å². The van der Waals surface area contributed by atoms with E-state index in [-0.39, 0.29) is 12.4 Å². The van der Waals surface area contributed by atoms with Crippen molar-refractivity contribution in [3.05, 3.63) is 70.8 Å². The lowest BCUT2D eigenvalue weighted by atomic mass is 9.80. The SMILES string of the molecule is Cl.FC(F)(F)c1ccc(C(F)(F)F)c(COC2CC[C@H]3CCC2(c2ccccc2)N3)c1. The third kappa shape index (κ3) is 4.71. The van der Waals surface area contributed by atoms with Crippen LogP contribution in [0.5, 0.6) is 0 Å². The Bertz CT molecular complexity index is 901. The van der Waals surface area contributed by atoms with Crippen LogP contribution in [-0.2, 0) is 29.2 Å². The summed E-state index contributed by atoms with van der Waals surface area (Å²) in [6.07, 6.45) is -6.79. The van der Waals surface area contributed by atoms with E-state index >= 15 is 0 Å². The molecule has 2 aliphatic rings. The summed E-state index contributed by atoms with van der Waals surface area (Å²) in [6.45, 7) is -0.537. The lowest BCUT2D eigenvalue weighted by molar-refractivity contribution is -0.143. The van der Waals surface area contributed by atoms with Crippen molar-refractivity contribution >= 4 is 12.4 Å². The van der Waals surface area contributed by atoms with Gasteiger partial charge in [-0.1, -0.05) is 30.3 Å². The van der Waals surface area contributed by atoms with Crippen LogP contribution in [0.3, 0.4) is 0 Å². The van der Waals surface area contributed by atoms with Crippen LogP contribution in [-0.4, -0.2) is 12.1 Å². The Morgan fingerprint density at radius 2 is 1.61 bits per heavy atom. The number of hydrogen-bond acceptors (Lipinski definition) is 2. The van der Waals surface area contributed by atoms with Gasteiger partial charge in [-0.25, -0.2) is 0 Å². The highest BCUT2D eigenvalue weighted by Crippen LogP contribution is 2.45. The zero-order valence-corrected chi connectivity index (χ0v) is 17.2. The fraction of sp³-hybridized carbons (Fsp3) is 0.455. The third-order valence-electron chi connectivity index (χ3n) is 6.14. The Morgan fingerprint density at radius 3 is 2.26 bits per heavy atom. The van der Waals surface area contributed by atoms with Crippen molar-refractivity contribution in [2.75, 3.05) is 0 Å². The standard InChI is InChI=1S/C22H21F6NO.ClH/c23-21(24,25)16-6-8-18(22(26,27)28)14(12-16)13-30-19-9-7-17-10-11-20(19,29-17)15-4-2-1-3-5-15;/h1-6,8,12,17,19,29H,7,9-11,13H2;1H/t17-,19?,20?;/m0./s1. The van der Waals surface area contributed by atoms with Gasteiger partial charge in [0.25, 0.3) is 0 Å². The number of alkyl halides is 6. The molecule has 2 aliphatic heterocycles. The van der Waals surface area contributed by atoms with Gasteiger partial charge in [0.15, 0.2) is 0 Å². The van der Waals surface area contributed by atoms with Crippen molar-refractivity contribution < 1.29 is 31.1 Å². The molecular weight excluding hydrogens is 444 g/mol. The highest BCUT2D eigenvalue weighted by atomic mass is 35.5. The van der Waals surface area contributed by atoms with Crippen molar-refractivity contribution in [1.29, 1.82) is 0 Å². The van der Waals surface area contributed by atoms with Gasteiger partial charge >= 0.3 is 12.4 Å². The first-order chi connectivity index (χ1) is 14.1. The van der Waals surface area contributed by atoms with Gasteiger partial charge in [0.2, 0.25) is 0 Å². The van der Waals surface area contributed by atoms with Gasteiger partial charge in [-0.2, -0.15) is 26.3 Å². The number of halogens is 7. The monoisotopic (exact) mass is 465 g/mol. The molecule has 2 bridgehead atoms. The number of ether oxygens (including phenoxy) is 1. The van der Waals surface area contributed by atoms with Gasteiger partial charge in [0.1, 0.15) is 0 Å². The van der Waals surface area contributed by atoms with E-state index in [1.165, 1.54) is 0 Å². The average Bonchev–Trinajstić information content (AvgIpc) is 3.05. The van der Waals surface area contributed by atoms with Crippen molar-refractivity contribution in [1.82, 2.24) is 5.32 Å². The van der Waals surface area contributed by atoms with E-state index in [4.69, 9.17) is 4.74 Å². The first-order valence-corrected chi connectivity index (χ1v) is 9.82. The minimum absolute atomic E-state index is 0. The number of nitrogens with one attached hydrogen (secondary N) is 1. The second-order valence-corrected chi connectivity index (χ2v) is 7.96. The summed E-state index contributed by atoms with van der Waals surface area (Å²) < 4.78 is 85.3. The molecule has 0 saturated carbocycles. The molecule has 0 amide bonds. The topological polar surface area (TPSA) is 21.3 Å². The number of piperidine rings is 1.